The maximum Gasteiger partial charge on any atom is 0.387 e. The Labute approximate surface area is 143 Å². The number of amides is 1. The summed E-state index contributed by atoms with van der Waals surface area (Å²) in [6.45, 7) is -2.85. The van der Waals surface area contributed by atoms with E-state index in [1.807, 2.05) is 0 Å². The van der Waals surface area contributed by atoms with Gasteiger partial charge in [-0.2, -0.15) is 8.78 Å². The fraction of sp³-hybridized carbons (Fsp3) is 0.529. The van der Waals surface area contributed by atoms with E-state index in [9.17, 15) is 13.6 Å². The molecular formula is C17H20F2N2O2S. The Bertz CT molecular complexity index is 697. The molecule has 7 heteroatoms. The first-order valence-electron chi connectivity index (χ1n) is 8.28. The summed E-state index contributed by atoms with van der Waals surface area (Å²) in [4.78, 5) is 16.8. The van der Waals surface area contributed by atoms with Gasteiger partial charge in [-0.25, -0.2) is 4.98 Å². The third-order valence-corrected chi connectivity index (χ3v) is 5.22. The molecule has 4 nitrogen and oxygen atoms in total. The summed E-state index contributed by atoms with van der Waals surface area (Å²) in [5.74, 6) is 0.147. The molecule has 0 radical (unpaired) electrons. The van der Waals surface area contributed by atoms with Crippen molar-refractivity contribution in [3.05, 3.63) is 18.2 Å². The molecule has 0 saturated heterocycles. The second-order valence-electron chi connectivity index (χ2n) is 6.06. The summed E-state index contributed by atoms with van der Waals surface area (Å²) in [5, 5.41) is 3.39. The third kappa shape index (κ3) is 4.41. The van der Waals surface area contributed by atoms with Crippen molar-refractivity contribution < 1.29 is 18.3 Å². The minimum atomic E-state index is -2.85. The van der Waals surface area contributed by atoms with Gasteiger partial charge in [-0.05, 0) is 31.0 Å². The Morgan fingerprint density at radius 3 is 2.62 bits per heavy atom. The van der Waals surface area contributed by atoms with Crippen molar-refractivity contribution in [2.75, 3.05) is 5.32 Å². The topological polar surface area (TPSA) is 51.2 Å². The van der Waals surface area contributed by atoms with Crippen LogP contribution in [0.25, 0.3) is 10.2 Å². The minimum Gasteiger partial charge on any atom is -0.435 e. The molecule has 0 aliphatic heterocycles. The van der Waals surface area contributed by atoms with Crippen LogP contribution in [0.4, 0.5) is 13.9 Å². The lowest BCUT2D eigenvalue weighted by Gasteiger charge is -2.18. The molecule has 1 fully saturated rings. The van der Waals surface area contributed by atoms with Crippen LogP contribution in [0, 0.1) is 5.92 Å². The first-order valence-corrected chi connectivity index (χ1v) is 9.10. The highest BCUT2D eigenvalue weighted by Crippen LogP contribution is 2.31. The molecule has 1 heterocycles. The van der Waals surface area contributed by atoms with Gasteiger partial charge in [0.05, 0.1) is 10.2 Å². The molecule has 1 aromatic carbocycles. The van der Waals surface area contributed by atoms with Crippen molar-refractivity contribution in [2.45, 2.75) is 51.6 Å². The van der Waals surface area contributed by atoms with Gasteiger partial charge < -0.3 is 10.1 Å². The van der Waals surface area contributed by atoms with Gasteiger partial charge >= 0.3 is 6.61 Å². The smallest absolute Gasteiger partial charge is 0.387 e. The van der Waals surface area contributed by atoms with Gasteiger partial charge in [0, 0.05) is 5.92 Å². The second-order valence-corrected chi connectivity index (χ2v) is 7.09. The number of halogens is 2. The summed E-state index contributed by atoms with van der Waals surface area (Å²) in [7, 11) is 0. The van der Waals surface area contributed by atoms with Gasteiger partial charge in [0.1, 0.15) is 5.75 Å². The van der Waals surface area contributed by atoms with Gasteiger partial charge in [-0.3, -0.25) is 4.79 Å². The van der Waals surface area contributed by atoms with Crippen molar-refractivity contribution in [3.63, 3.8) is 0 Å². The summed E-state index contributed by atoms with van der Waals surface area (Å²) in [6.07, 6.45) is 7.66. The molecule has 0 unspecified atom stereocenters. The molecule has 1 N–H and O–H groups in total. The Hall–Kier alpha value is -1.76. The summed E-state index contributed by atoms with van der Waals surface area (Å²) in [5.41, 5.74) is 0.662. The van der Waals surface area contributed by atoms with Gasteiger partial charge in [0.15, 0.2) is 5.13 Å². The van der Waals surface area contributed by atoms with Crippen LogP contribution in [0.3, 0.4) is 0 Å². The molecule has 1 aromatic heterocycles. The molecule has 130 valence electrons. The van der Waals surface area contributed by atoms with E-state index in [0.29, 0.717) is 15.3 Å². The standard InChI is InChI=1S/C17H20F2N2O2S/c18-16(19)23-12-8-9-13-14(10-12)24-17(20-13)21-15(22)11-6-4-2-1-3-5-7-11/h8-11,16H,1-7H2,(H,20,21,22). The van der Waals surface area contributed by atoms with Crippen LogP contribution in [-0.2, 0) is 4.79 Å². The van der Waals surface area contributed by atoms with Crippen LogP contribution in [0.5, 0.6) is 5.75 Å². The Balaban J connectivity index is 1.68. The van der Waals surface area contributed by atoms with Crippen molar-refractivity contribution in [1.82, 2.24) is 4.98 Å². The quantitative estimate of drug-likeness (QED) is 0.821. The zero-order chi connectivity index (χ0) is 16.9. The van der Waals surface area contributed by atoms with E-state index in [4.69, 9.17) is 0 Å². The van der Waals surface area contributed by atoms with Crippen molar-refractivity contribution in [1.29, 1.82) is 0 Å². The number of ether oxygens (including phenoxy) is 1. The number of alkyl halides is 2. The molecule has 1 aliphatic carbocycles. The van der Waals surface area contributed by atoms with E-state index in [2.05, 4.69) is 15.0 Å². The predicted octanol–water partition coefficient (Wildman–Crippen LogP) is 5.20. The Morgan fingerprint density at radius 1 is 1.21 bits per heavy atom. The number of aromatic nitrogens is 1. The number of hydrogen-bond acceptors (Lipinski definition) is 4. The maximum atomic E-state index is 12.5. The van der Waals surface area contributed by atoms with Crippen molar-refractivity contribution >= 4 is 32.6 Å². The van der Waals surface area contributed by atoms with Crippen LogP contribution < -0.4 is 10.1 Å². The molecule has 3 rings (SSSR count). The lowest BCUT2D eigenvalue weighted by molar-refractivity contribution is -0.120. The van der Waals surface area contributed by atoms with Gasteiger partial charge in [0.2, 0.25) is 5.91 Å². The number of thiazole rings is 1. The second kappa shape index (κ2) is 7.88. The summed E-state index contributed by atoms with van der Waals surface area (Å²) in [6, 6.07) is 4.59. The van der Waals surface area contributed by atoms with E-state index in [0.717, 1.165) is 25.7 Å². The fourth-order valence-corrected chi connectivity index (χ4v) is 3.96. The molecule has 0 bridgehead atoms. The van der Waals surface area contributed by atoms with E-state index in [1.165, 1.54) is 42.7 Å². The van der Waals surface area contributed by atoms with Gasteiger partial charge in [-0.1, -0.05) is 43.4 Å². The molecule has 1 amide bonds. The average Bonchev–Trinajstić information content (AvgIpc) is 2.87. The van der Waals surface area contributed by atoms with Crippen molar-refractivity contribution in [3.8, 4) is 5.75 Å². The number of benzene rings is 1. The Morgan fingerprint density at radius 2 is 1.92 bits per heavy atom. The minimum absolute atomic E-state index is 0.0139. The molecule has 2 aromatic rings. The highest BCUT2D eigenvalue weighted by atomic mass is 32.1. The predicted molar refractivity (Wildman–Crippen MR) is 90.7 cm³/mol. The highest BCUT2D eigenvalue weighted by molar-refractivity contribution is 7.22. The number of carbonyl (C=O) groups is 1. The number of fused-ring (bicyclic) bond motifs is 1. The van der Waals surface area contributed by atoms with Gasteiger partial charge in [0.25, 0.3) is 0 Å². The summed E-state index contributed by atoms with van der Waals surface area (Å²) < 4.78 is 29.6. The Kier molecular flexibility index (Phi) is 5.60. The number of hydrogen-bond donors (Lipinski definition) is 1. The number of nitrogens with zero attached hydrogens (tertiary/aromatic N) is 1. The molecular weight excluding hydrogens is 334 g/mol. The third-order valence-electron chi connectivity index (χ3n) is 4.29. The SMILES string of the molecule is O=C(Nc1nc2ccc(OC(F)F)cc2s1)C1CCCCCCC1. The maximum absolute atomic E-state index is 12.5. The lowest BCUT2D eigenvalue weighted by Crippen LogP contribution is -2.23. The van der Waals surface area contributed by atoms with Crippen LogP contribution in [0.1, 0.15) is 44.9 Å². The van der Waals surface area contributed by atoms with E-state index in [1.54, 1.807) is 6.07 Å². The first kappa shape index (κ1) is 17.1. The highest BCUT2D eigenvalue weighted by Gasteiger charge is 2.20. The van der Waals surface area contributed by atoms with E-state index in [-0.39, 0.29) is 17.6 Å². The van der Waals surface area contributed by atoms with Crippen LogP contribution in [-0.4, -0.2) is 17.5 Å². The van der Waals surface area contributed by atoms with Crippen LogP contribution >= 0.6 is 11.3 Å². The molecule has 1 aliphatic rings. The zero-order valence-electron chi connectivity index (χ0n) is 13.3. The number of carbonyl (C=O) groups excluding carboxylic acids is 1. The average molecular weight is 354 g/mol. The van der Waals surface area contributed by atoms with Crippen LogP contribution in [0.15, 0.2) is 18.2 Å². The molecule has 1 saturated carbocycles. The molecule has 0 atom stereocenters. The summed E-state index contributed by atoms with van der Waals surface area (Å²) >= 11 is 1.27. The first-order chi connectivity index (χ1) is 11.6. The zero-order valence-corrected chi connectivity index (χ0v) is 14.1. The molecule has 24 heavy (non-hydrogen) atoms. The lowest BCUT2D eigenvalue weighted by atomic mass is 9.90. The van der Waals surface area contributed by atoms with Crippen LogP contribution in [0.2, 0.25) is 0 Å². The van der Waals surface area contributed by atoms with E-state index >= 15 is 0 Å². The number of rotatable bonds is 4. The number of anilines is 1. The van der Waals surface area contributed by atoms with Crippen molar-refractivity contribution in [2.24, 2.45) is 5.92 Å². The van der Waals surface area contributed by atoms with E-state index < -0.39 is 6.61 Å². The number of nitrogens with one attached hydrogen (secondary N) is 1. The fourth-order valence-electron chi connectivity index (χ4n) is 3.06. The van der Waals surface area contributed by atoms with Gasteiger partial charge in [-0.15, -0.1) is 0 Å². The molecule has 0 spiro atoms. The largest absolute Gasteiger partial charge is 0.435 e. The normalized spacial score (nSPS) is 16.8. The monoisotopic (exact) mass is 354 g/mol.